The SMILES string of the molecule is N#Cc1cc(C(=O)Nc2ccc(OC(F)(F)Cl)cc2)cnc1Cl. The molecule has 118 valence electrons. The monoisotopic (exact) mass is 357 g/mol. The summed E-state index contributed by atoms with van der Waals surface area (Å²) in [7, 11) is 0. The molecule has 1 aromatic carbocycles. The largest absolute Gasteiger partial charge is 0.487 e. The number of nitrogens with one attached hydrogen (secondary N) is 1. The number of anilines is 1. The highest BCUT2D eigenvalue weighted by Crippen LogP contribution is 2.26. The molecule has 0 spiro atoms. The van der Waals surface area contributed by atoms with Crippen LogP contribution in [-0.2, 0) is 0 Å². The molecule has 1 aromatic heterocycles. The number of nitriles is 1. The van der Waals surface area contributed by atoms with Crippen molar-refractivity contribution in [2.75, 3.05) is 5.32 Å². The van der Waals surface area contributed by atoms with Gasteiger partial charge in [0.15, 0.2) is 0 Å². The minimum atomic E-state index is -3.81. The van der Waals surface area contributed by atoms with Crippen molar-refractivity contribution in [3.63, 3.8) is 0 Å². The maximum Gasteiger partial charge on any atom is 0.487 e. The molecule has 0 aliphatic heterocycles. The lowest BCUT2D eigenvalue weighted by atomic mass is 10.2. The molecule has 0 unspecified atom stereocenters. The average Bonchev–Trinajstić information content (AvgIpc) is 2.48. The Morgan fingerprint density at radius 3 is 2.57 bits per heavy atom. The second-order valence-corrected chi connectivity index (χ2v) is 5.00. The van der Waals surface area contributed by atoms with Gasteiger partial charge in [0.25, 0.3) is 5.91 Å². The van der Waals surface area contributed by atoms with E-state index in [-0.39, 0.29) is 22.0 Å². The molecule has 2 rings (SSSR count). The molecule has 1 N–H and O–H groups in total. The first kappa shape index (κ1) is 16.9. The summed E-state index contributed by atoms with van der Waals surface area (Å²) in [5.41, 5.74) is -3.30. The van der Waals surface area contributed by atoms with Gasteiger partial charge in [0.2, 0.25) is 0 Å². The van der Waals surface area contributed by atoms with Gasteiger partial charge in [-0.1, -0.05) is 11.6 Å². The first-order valence-electron chi connectivity index (χ1n) is 6.01. The van der Waals surface area contributed by atoms with Gasteiger partial charge in [0.05, 0.1) is 11.1 Å². The van der Waals surface area contributed by atoms with E-state index in [1.807, 2.05) is 6.07 Å². The van der Waals surface area contributed by atoms with Gasteiger partial charge in [-0.05, 0) is 30.3 Å². The molecule has 0 aliphatic carbocycles. The first-order valence-corrected chi connectivity index (χ1v) is 6.77. The van der Waals surface area contributed by atoms with E-state index < -0.39 is 11.5 Å². The predicted molar refractivity (Wildman–Crippen MR) is 79.8 cm³/mol. The second-order valence-electron chi connectivity index (χ2n) is 4.20. The van der Waals surface area contributed by atoms with Crippen LogP contribution in [0.1, 0.15) is 15.9 Å². The van der Waals surface area contributed by atoms with Crippen molar-refractivity contribution in [1.29, 1.82) is 5.26 Å². The van der Waals surface area contributed by atoms with E-state index in [1.165, 1.54) is 36.5 Å². The Morgan fingerprint density at radius 1 is 1.35 bits per heavy atom. The van der Waals surface area contributed by atoms with E-state index in [1.54, 1.807) is 0 Å². The van der Waals surface area contributed by atoms with E-state index in [2.05, 4.69) is 26.6 Å². The van der Waals surface area contributed by atoms with Crippen LogP contribution in [-0.4, -0.2) is 16.5 Å². The van der Waals surface area contributed by atoms with Gasteiger partial charge in [-0.15, -0.1) is 8.78 Å². The van der Waals surface area contributed by atoms with Crippen LogP contribution in [0.3, 0.4) is 0 Å². The number of aromatic nitrogens is 1. The Hall–Kier alpha value is -2.43. The molecule has 0 radical (unpaired) electrons. The van der Waals surface area contributed by atoms with E-state index >= 15 is 0 Å². The highest BCUT2D eigenvalue weighted by Gasteiger charge is 2.27. The van der Waals surface area contributed by atoms with Gasteiger partial charge < -0.3 is 10.1 Å². The summed E-state index contributed by atoms with van der Waals surface area (Å²) < 4.78 is 29.1. The van der Waals surface area contributed by atoms with Gasteiger partial charge in [-0.3, -0.25) is 4.79 Å². The van der Waals surface area contributed by atoms with Crippen molar-refractivity contribution in [2.24, 2.45) is 0 Å². The number of pyridine rings is 1. The van der Waals surface area contributed by atoms with Gasteiger partial charge >= 0.3 is 5.57 Å². The third-order valence-corrected chi connectivity index (χ3v) is 2.95. The lowest BCUT2D eigenvalue weighted by Gasteiger charge is -2.11. The van der Waals surface area contributed by atoms with Crippen LogP contribution in [0, 0.1) is 11.3 Å². The lowest BCUT2D eigenvalue weighted by molar-refractivity contribution is -0.0964. The second kappa shape index (κ2) is 6.77. The molecule has 0 atom stereocenters. The van der Waals surface area contributed by atoms with Crippen molar-refractivity contribution >= 4 is 34.8 Å². The molecule has 0 saturated heterocycles. The van der Waals surface area contributed by atoms with E-state index in [4.69, 9.17) is 16.9 Å². The number of halogens is 4. The predicted octanol–water partition coefficient (Wildman–Crippen LogP) is 4.03. The fraction of sp³-hybridized carbons (Fsp3) is 0.0714. The van der Waals surface area contributed by atoms with Gasteiger partial charge in [0.1, 0.15) is 17.0 Å². The number of amides is 1. The molecule has 23 heavy (non-hydrogen) atoms. The molecule has 0 saturated carbocycles. The Kier molecular flexibility index (Phi) is 4.98. The summed E-state index contributed by atoms with van der Waals surface area (Å²) >= 11 is 10.3. The normalized spacial score (nSPS) is 10.7. The molecule has 9 heteroatoms. The fourth-order valence-electron chi connectivity index (χ4n) is 1.59. The smallest absolute Gasteiger partial charge is 0.420 e. The van der Waals surface area contributed by atoms with Crippen molar-refractivity contribution in [1.82, 2.24) is 4.98 Å². The minimum Gasteiger partial charge on any atom is -0.420 e. The molecule has 2 aromatic rings. The number of alkyl halides is 3. The topological polar surface area (TPSA) is 75.0 Å². The van der Waals surface area contributed by atoms with Crippen LogP contribution in [0.15, 0.2) is 36.5 Å². The van der Waals surface area contributed by atoms with Crippen LogP contribution in [0.5, 0.6) is 5.75 Å². The van der Waals surface area contributed by atoms with E-state index in [0.717, 1.165) is 0 Å². The highest BCUT2D eigenvalue weighted by atomic mass is 35.5. The Bertz CT molecular complexity index is 771. The molecule has 5 nitrogen and oxygen atoms in total. The molecule has 1 heterocycles. The quantitative estimate of drug-likeness (QED) is 0.662. The van der Waals surface area contributed by atoms with Crippen molar-refractivity contribution in [2.45, 2.75) is 5.57 Å². The number of benzene rings is 1. The zero-order valence-electron chi connectivity index (χ0n) is 11.2. The first-order chi connectivity index (χ1) is 10.8. The van der Waals surface area contributed by atoms with Crippen molar-refractivity contribution < 1.29 is 18.3 Å². The average molecular weight is 358 g/mol. The summed E-state index contributed by atoms with van der Waals surface area (Å²) in [4.78, 5) is 15.8. The standard InChI is InChI=1S/C14H7Cl2F2N3O2/c15-12-8(6-19)5-9(7-20-12)13(22)21-10-1-3-11(4-2-10)23-14(16,17)18/h1-5,7H,(H,21,22). The zero-order chi connectivity index (χ0) is 17.0. The third kappa shape index (κ3) is 4.77. The number of carbonyl (C=O) groups is 1. The van der Waals surface area contributed by atoms with Crippen LogP contribution >= 0.6 is 23.2 Å². The van der Waals surface area contributed by atoms with E-state index in [9.17, 15) is 13.6 Å². The molecule has 0 bridgehead atoms. The molecular formula is C14H7Cl2F2N3O2. The van der Waals surface area contributed by atoms with Gasteiger partial charge in [-0.2, -0.15) is 5.26 Å². The van der Waals surface area contributed by atoms with Crippen LogP contribution in [0.4, 0.5) is 14.5 Å². The Labute approximate surface area is 139 Å². The van der Waals surface area contributed by atoms with Crippen molar-refractivity contribution in [3.05, 3.63) is 52.8 Å². The maximum absolute atomic E-state index is 12.5. The summed E-state index contributed by atoms with van der Waals surface area (Å²) in [6, 6.07) is 8.23. The van der Waals surface area contributed by atoms with Crippen LogP contribution < -0.4 is 10.1 Å². The molecule has 0 aliphatic rings. The maximum atomic E-state index is 12.5. The summed E-state index contributed by atoms with van der Waals surface area (Å²) in [5, 5.41) is 11.4. The minimum absolute atomic E-state index is 0.00689. The number of hydrogen-bond donors (Lipinski definition) is 1. The highest BCUT2D eigenvalue weighted by molar-refractivity contribution is 6.30. The molecule has 1 amide bonds. The summed E-state index contributed by atoms with van der Waals surface area (Å²) in [5.74, 6) is -0.704. The van der Waals surface area contributed by atoms with Crippen LogP contribution in [0.2, 0.25) is 5.15 Å². The number of rotatable bonds is 4. The number of hydrogen-bond acceptors (Lipinski definition) is 4. The fourth-order valence-corrected chi connectivity index (χ4v) is 1.83. The number of carbonyl (C=O) groups excluding carboxylic acids is 1. The van der Waals surface area contributed by atoms with Crippen molar-refractivity contribution in [3.8, 4) is 11.8 Å². The zero-order valence-corrected chi connectivity index (χ0v) is 12.7. The third-order valence-electron chi connectivity index (χ3n) is 2.57. The van der Waals surface area contributed by atoms with Gasteiger partial charge in [0, 0.05) is 23.5 Å². The molecular weight excluding hydrogens is 351 g/mol. The van der Waals surface area contributed by atoms with E-state index in [0.29, 0.717) is 5.69 Å². The lowest BCUT2D eigenvalue weighted by Crippen LogP contribution is -2.16. The van der Waals surface area contributed by atoms with Crippen LogP contribution in [0.25, 0.3) is 0 Å². The summed E-state index contributed by atoms with van der Waals surface area (Å²) in [6.07, 6.45) is 1.21. The Balaban J connectivity index is 2.10. The molecule has 0 fully saturated rings. The van der Waals surface area contributed by atoms with Gasteiger partial charge in [-0.25, -0.2) is 4.98 Å². The Morgan fingerprint density at radius 2 is 2.00 bits per heavy atom. The summed E-state index contributed by atoms with van der Waals surface area (Å²) in [6.45, 7) is 0. The number of nitrogens with zero attached hydrogens (tertiary/aromatic N) is 2. The number of ether oxygens (including phenoxy) is 1.